The number of carbonyl (C=O) groups is 2. The number of halogens is 8. The Balaban J connectivity index is 0.00000106. The van der Waals surface area contributed by atoms with Crippen LogP contribution in [0.2, 0.25) is 0 Å². The minimum Gasteiger partial charge on any atom is -0.475 e. The van der Waals surface area contributed by atoms with Crippen LogP contribution in [0.1, 0.15) is 23.6 Å². The minimum atomic E-state index is -5.59. The van der Waals surface area contributed by atoms with Crippen molar-refractivity contribution in [2.45, 2.75) is 30.3 Å². The maximum atomic E-state index is 14.1. The number of alkyl halides is 3. The molecule has 228 valence electrons. The first-order valence-electron chi connectivity index (χ1n) is 10.2. The van der Waals surface area contributed by atoms with Crippen molar-refractivity contribution < 1.29 is 63.1 Å². The van der Waals surface area contributed by atoms with Crippen LogP contribution in [-0.4, -0.2) is 49.1 Å². The van der Waals surface area contributed by atoms with Gasteiger partial charge in [0.1, 0.15) is 12.3 Å². The molecular formula is C19H18F8N6O7S. The summed E-state index contributed by atoms with van der Waals surface area (Å²) in [6.45, 7) is 0.988. The van der Waals surface area contributed by atoms with Crippen molar-refractivity contribution in [3.8, 4) is 0 Å². The number of H-pyrrole nitrogens is 1. The van der Waals surface area contributed by atoms with Gasteiger partial charge in [0.15, 0.2) is 28.2 Å². The average Bonchev–Trinajstić information content (AvgIpc) is 2.82. The molecule has 0 fully saturated rings. The molecule has 0 aliphatic carbocycles. The van der Waals surface area contributed by atoms with E-state index in [1.807, 2.05) is 0 Å². The number of nitrogens with two attached hydrogens (primary N) is 3. The third-order valence-corrected chi connectivity index (χ3v) is 5.87. The quantitative estimate of drug-likeness (QED) is 0.0442. The molecule has 1 unspecified atom stereocenters. The molecule has 1 amide bonds. The van der Waals surface area contributed by atoms with Crippen molar-refractivity contribution >= 4 is 33.5 Å². The van der Waals surface area contributed by atoms with Crippen molar-refractivity contribution in [1.29, 1.82) is 0 Å². The summed E-state index contributed by atoms with van der Waals surface area (Å²) in [5.41, 5.74) is 13.0. The van der Waals surface area contributed by atoms with Gasteiger partial charge in [0.25, 0.3) is 15.6 Å². The van der Waals surface area contributed by atoms with Crippen molar-refractivity contribution in [2.24, 2.45) is 22.4 Å². The summed E-state index contributed by atoms with van der Waals surface area (Å²) in [7, 11) is -5.59. The second kappa shape index (κ2) is 13.1. The number of rotatable bonds is 9. The number of anilines is 1. The molecule has 0 spiro atoms. The SMILES string of the molecule is Cc1cc(C(CCON=C(N)N)C(N)=O)c(NS(=O)(=O)c2c(F)c(F)c(F)c(F)c2F)c(=O)[nH]1.O=C(O)C(F)(F)F. The number of nitrogens with one attached hydrogen (secondary N) is 2. The predicted molar refractivity (Wildman–Crippen MR) is 121 cm³/mol. The van der Waals surface area contributed by atoms with Gasteiger partial charge in [-0.25, -0.2) is 35.2 Å². The van der Waals surface area contributed by atoms with Crippen LogP contribution >= 0.6 is 0 Å². The van der Waals surface area contributed by atoms with Crippen LogP contribution in [0.25, 0.3) is 0 Å². The molecule has 1 aromatic carbocycles. The summed E-state index contributed by atoms with van der Waals surface area (Å²) in [4.78, 5) is 38.0. The highest BCUT2D eigenvalue weighted by Gasteiger charge is 2.38. The number of carbonyl (C=O) groups excluding carboxylic acids is 1. The number of primary amides is 1. The zero-order chi connectivity index (χ0) is 32.0. The van der Waals surface area contributed by atoms with Crippen LogP contribution in [0.3, 0.4) is 0 Å². The van der Waals surface area contributed by atoms with Crippen LogP contribution in [0.5, 0.6) is 0 Å². The van der Waals surface area contributed by atoms with E-state index in [0.29, 0.717) is 0 Å². The van der Waals surface area contributed by atoms with E-state index in [4.69, 9.17) is 31.9 Å². The first-order valence-corrected chi connectivity index (χ1v) is 11.7. The van der Waals surface area contributed by atoms with Crippen molar-refractivity contribution in [3.05, 3.63) is 56.8 Å². The second-order valence-electron chi connectivity index (χ2n) is 7.51. The number of sulfonamides is 1. The Kier molecular flexibility index (Phi) is 11.0. The maximum Gasteiger partial charge on any atom is 0.490 e. The normalized spacial score (nSPS) is 12.0. The lowest BCUT2D eigenvalue weighted by Gasteiger charge is -2.19. The zero-order valence-corrected chi connectivity index (χ0v) is 20.9. The molecule has 41 heavy (non-hydrogen) atoms. The molecule has 2 rings (SSSR count). The fraction of sp³-hybridized carbons (Fsp3) is 0.263. The Morgan fingerprint density at radius 3 is 1.93 bits per heavy atom. The lowest BCUT2D eigenvalue weighted by Crippen LogP contribution is -2.29. The number of carboxylic acids is 1. The van der Waals surface area contributed by atoms with E-state index in [2.05, 4.69) is 10.1 Å². The summed E-state index contributed by atoms with van der Waals surface area (Å²) in [6.07, 6.45) is -5.40. The molecule has 0 saturated heterocycles. The molecule has 0 aliphatic heterocycles. The molecule has 13 nitrogen and oxygen atoms in total. The Labute approximate surface area is 223 Å². The Morgan fingerprint density at radius 1 is 1.05 bits per heavy atom. The topological polar surface area (TPSA) is 233 Å². The number of amides is 1. The standard InChI is InChI=1S/C17H17F5N6O5S.C2HF3O2/c1-5-4-7(6(15(23)29)2-3-33-27-17(24)25)13(16(30)26-5)28-34(31,32)14-11(21)9(19)8(18)10(20)12(14)22;3-2(4,5)1(6)7/h4,6,28H,2-3H2,1H3,(H2,23,29)(H,26,30)(H4,24,25,27);(H,6,7). The third kappa shape index (κ3) is 8.68. The number of pyridine rings is 1. The Hall–Kier alpha value is -4.63. The van der Waals surface area contributed by atoms with Crippen molar-refractivity contribution in [2.75, 3.05) is 11.3 Å². The predicted octanol–water partition coefficient (Wildman–Crippen LogP) is 0.977. The van der Waals surface area contributed by atoms with Gasteiger partial charge in [0.05, 0.1) is 5.92 Å². The highest BCUT2D eigenvalue weighted by Crippen LogP contribution is 2.31. The number of aromatic nitrogens is 1. The van der Waals surface area contributed by atoms with Gasteiger partial charge >= 0.3 is 12.1 Å². The molecule has 9 N–H and O–H groups in total. The number of oxime groups is 1. The smallest absolute Gasteiger partial charge is 0.475 e. The highest BCUT2D eigenvalue weighted by molar-refractivity contribution is 7.92. The molecule has 1 aromatic heterocycles. The molecule has 0 radical (unpaired) electrons. The number of aliphatic carboxylic acids is 1. The summed E-state index contributed by atoms with van der Waals surface area (Å²) < 4.78 is 127. The first kappa shape index (κ1) is 34.4. The van der Waals surface area contributed by atoms with Crippen molar-refractivity contribution in [1.82, 2.24) is 4.98 Å². The van der Waals surface area contributed by atoms with Crippen LogP contribution < -0.4 is 27.5 Å². The van der Waals surface area contributed by atoms with E-state index in [9.17, 15) is 53.1 Å². The fourth-order valence-corrected chi connectivity index (χ4v) is 4.07. The van der Waals surface area contributed by atoms with Crippen LogP contribution in [-0.2, 0) is 24.4 Å². The molecular weight excluding hydrogens is 608 g/mol. The van der Waals surface area contributed by atoms with Gasteiger partial charge in [-0.3, -0.25) is 14.3 Å². The van der Waals surface area contributed by atoms with E-state index >= 15 is 0 Å². The molecule has 0 saturated carbocycles. The summed E-state index contributed by atoms with van der Waals surface area (Å²) >= 11 is 0. The van der Waals surface area contributed by atoms with E-state index in [1.165, 1.54) is 11.6 Å². The number of guanidine groups is 1. The van der Waals surface area contributed by atoms with Gasteiger partial charge in [-0.1, -0.05) is 0 Å². The van der Waals surface area contributed by atoms with Gasteiger partial charge in [-0.05, 0) is 30.1 Å². The van der Waals surface area contributed by atoms with Gasteiger partial charge in [0.2, 0.25) is 17.7 Å². The van der Waals surface area contributed by atoms with Gasteiger partial charge in [0, 0.05) is 5.69 Å². The van der Waals surface area contributed by atoms with E-state index in [0.717, 1.165) is 6.07 Å². The number of aryl methyl sites for hydroxylation is 1. The molecule has 1 atom stereocenters. The van der Waals surface area contributed by atoms with Gasteiger partial charge in [-0.2, -0.15) is 13.2 Å². The van der Waals surface area contributed by atoms with E-state index in [1.54, 1.807) is 0 Å². The monoisotopic (exact) mass is 626 g/mol. The molecule has 1 heterocycles. The first-order chi connectivity index (χ1) is 18.6. The second-order valence-corrected chi connectivity index (χ2v) is 9.13. The fourth-order valence-electron chi connectivity index (χ4n) is 2.84. The Bertz CT molecular complexity index is 1500. The summed E-state index contributed by atoms with van der Waals surface area (Å²) in [5.74, 6) is -18.7. The molecule has 0 bridgehead atoms. The van der Waals surface area contributed by atoms with Crippen molar-refractivity contribution in [3.63, 3.8) is 0 Å². The van der Waals surface area contributed by atoms with Gasteiger partial charge in [-0.15, -0.1) is 0 Å². The maximum absolute atomic E-state index is 14.1. The lowest BCUT2D eigenvalue weighted by molar-refractivity contribution is -0.192. The van der Waals surface area contributed by atoms with E-state index in [-0.39, 0.29) is 24.3 Å². The third-order valence-electron chi connectivity index (χ3n) is 4.50. The zero-order valence-electron chi connectivity index (χ0n) is 20.1. The van der Waals surface area contributed by atoms with Crippen LogP contribution in [0.15, 0.2) is 20.9 Å². The Morgan fingerprint density at radius 2 is 1.51 bits per heavy atom. The van der Waals surface area contributed by atoms with Gasteiger partial charge < -0.3 is 32.1 Å². The number of benzene rings is 1. The lowest BCUT2D eigenvalue weighted by atomic mass is 9.94. The molecule has 2 aromatic rings. The number of carboxylic acid groups (broad SMARTS) is 1. The largest absolute Gasteiger partial charge is 0.490 e. The number of hydrogen-bond acceptors (Lipinski definition) is 7. The molecule has 22 heteroatoms. The highest BCUT2D eigenvalue weighted by atomic mass is 32.2. The number of nitrogens with zero attached hydrogens (tertiary/aromatic N) is 1. The summed E-state index contributed by atoms with van der Waals surface area (Å²) in [6, 6.07) is 1.10. The van der Waals surface area contributed by atoms with Crippen LogP contribution in [0, 0.1) is 36.0 Å². The minimum absolute atomic E-state index is 0.107. The number of aromatic amines is 1. The number of hydrogen-bond donors (Lipinski definition) is 6. The van der Waals surface area contributed by atoms with E-state index < -0.39 is 85.2 Å². The molecule has 0 aliphatic rings. The average molecular weight is 626 g/mol. The summed E-state index contributed by atoms with van der Waals surface area (Å²) in [5, 5.41) is 10.3. The van der Waals surface area contributed by atoms with Crippen LogP contribution in [0.4, 0.5) is 40.8 Å².